The van der Waals surface area contributed by atoms with E-state index < -0.39 is 0 Å². The molecule has 0 aliphatic carbocycles. The lowest BCUT2D eigenvalue weighted by Gasteiger charge is -2.10. The summed E-state index contributed by atoms with van der Waals surface area (Å²) in [5.41, 5.74) is 12.6. The van der Waals surface area contributed by atoms with Crippen molar-refractivity contribution in [2.45, 2.75) is 13.3 Å². The average molecular weight is 370 g/mol. The zero-order valence-electron chi connectivity index (χ0n) is 16.0. The van der Waals surface area contributed by atoms with Crippen molar-refractivity contribution in [3.63, 3.8) is 0 Å². The second kappa shape index (κ2) is 7.24. The number of nitrogens with two attached hydrogens (primary N) is 1. The number of benzene rings is 3. The van der Waals surface area contributed by atoms with Crippen molar-refractivity contribution >= 4 is 22.3 Å². The predicted octanol–water partition coefficient (Wildman–Crippen LogP) is 4.98. The predicted molar refractivity (Wildman–Crippen MR) is 116 cm³/mol. The third-order valence-electron chi connectivity index (χ3n) is 5.13. The van der Waals surface area contributed by atoms with E-state index in [1.807, 2.05) is 74.6 Å². The van der Waals surface area contributed by atoms with Gasteiger partial charge in [0.05, 0.1) is 0 Å². The number of nitrogens with one attached hydrogen (secondary N) is 1. The Morgan fingerprint density at radius 2 is 1.71 bits per heavy atom. The summed E-state index contributed by atoms with van der Waals surface area (Å²) in [7, 11) is 1.89. The van der Waals surface area contributed by atoms with Crippen LogP contribution in [0.1, 0.15) is 16.7 Å². The standard InChI is InChI=1S/C24H22N2O2/c1-15-21-11-8-18(17-6-9-20(26-2)10-7-17)14-23(21)28-24(27)22(15)13-16-4-3-5-19(25)12-16/h3-12,14,26H,13,25H2,1-2H3. The summed E-state index contributed by atoms with van der Waals surface area (Å²) in [6.45, 7) is 1.97. The van der Waals surface area contributed by atoms with Gasteiger partial charge in [0.25, 0.3) is 0 Å². The molecular formula is C24H22N2O2. The molecule has 140 valence electrons. The van der Waals surface area contributed by atoms with Crippen molar-refractivity contribution in [2.24, 2.45) is 0 Å². The van der Waals surface area contributed by atoms with E-state index in [1.54, 1.807) is 0 Å². The Kier molecular flexibility index (Phi) is 4.62. The van der Waals surface area contributed by atoms with Crippen LogP contribution in [0.15, 0.2) is 75.9 Å². The molecule has 0 atom stereocenters. The van der Waals surface area contributed by atoms with Crippen molar-refractivity contribution < 1.29 is 4.42 Å². The maximum Gasteiger partial charge on any atom is 0.340 e. The molecule has 3 N–H and O–H groups in total. The first-order valence-corrected chi connectivity index (χ1v) is 9.24. The second-order valence-electron chi connectivity index (χ2n) is 6.95. The van der Waals surface area contributed by atoms with Crippen LogP contribution in [0.25, 0.3) is 22.1 Å². The first-order valence-electron chi connectivity index (χ1n) is 9.24. The molecule has 0 aliphatic heterocycles. The fourth-order valence-corrected chi connectivity index (χ4v) is 3.51. The molecule has 4 rings (SSSR count). The van der Waals surface area contributed by atoms with E-state index in [0.29, 0.717) is 23.3 Å². The van der Waals surface area contributed by atoms with Crippen LogP contribution in [0.4, 0.5) is 11.4 Å². The Labute approximate surface area is 163 Å². The van der Waals surface area contributed by atoms with Gasteiger partial charge in [0.15, 0.2) is 0 Å². The van der Waals surface area contributed by atoms with Gasteiger partial charge in [-0.05, 0) is 59.5 Å². The zero-order chi connectivity index (χ0) is 19.7. The van der Waals surface area contributed by atoms with Crippen LogP contribution in [0, 0.1) is 6.92 Å². The van der Waals surface area contributed by atoms with E-state index in [1.165, 1.54) is 0 Å². The number of hydrogen-bond acceptors (Lipinski definition) is 4. The van der Waals surface area contributed by atoms with Gasteiger partial charge in [-0.25, -0.2) is 4.79 Å². The molecular weight excluding hydrogens is 348 g/mol. The number of hydrogen-bond donors (Lipinski definition) is 2. The van der Waals surface area contributed by atoms with E-state index in [4.69, 9.17) is 10.2 Å². The van der Waals surface area contributed by atoms with Crippen LogP contribution >= 0.6 is 0 Å². The van der Waals surface area contributed by atoms with Gasteiger partial charge in [-0.15, -0.1) is 0 Å². The fourth-order valence-electron chi connectivity index (χ4n) is 3.51. The van der Waals surface area contributed by atoms with Gasteiger partial charge in [-0.3, -0.25) is 0 Å². The maximum atomic E-state index is 12.7. The summed E-state index contributed by atoms with van der Waals surface area (Å²) in [5.74, 6) is 0. The Hall–Kier alpha value is -3.53. The molecule has 0 unspecified atom stereocenters. The van der Waals surface area contributed by atoms with E-state index in [0.717, 1.165) is 33.3 Å². The molecule has 4 aromatic rings. The van der Waals surface area contributed by atoms with Crippen LogP contribution in [0.2, 0.25) is 0 Å². The third-order valence-corrected chi connectivity index (χ3v) is 5.13. The zero-order valence-corrected chi connectivity index (χ0v) is 16.0. The molecule has 4 heteroatoms. The van der Waals surface area contributed by atoms with E-state index in [2.05, 4.69) is 11.4 Å². The summed E-state index contributed by atoms with van der Waals surface area (Å²) in [4.78, 5) is 12.7. The molecule has 0 aliphatic rings. The highest BCUT2D eigenvalue weighted by atomic mass is 16.4. The summed E-state index contributed by atoms with van der Waals surface area (Å²) in [6, 6.07) is 21.8. The second-order valence-corrected chi connectivity index (χ2v) is 6.95. The third kappa shape index (κ3) is 3.37. The Morgan fingerprint density at radius 1 is 0.964 bits per heavy atom. The normalized spacial score (nSPS) is 10.9. The first kappa shape index (κ1) is 17.9. The van der Waals surface area contributed by atoms with Crippen molar-refractivity contribution in [1.29, 1.82) is 0 Å². The Bertz CT molecular complexity index is 1210. The molecule has 0 amide bonds. The minimum Gasteiger partial charge on any atom is -0.422 e. The molecule has 0 spiro atoms. The lowest BCUT2D eigenvalue weighted by molar-refractivity contribution is 0.551. The van der Waals surface area contributed by atoms with Gasteiger partial charge in [-0.1, -0.05) is 36.4 Å². The van der Waals surface area contributed by atoms with Crippen LogP contribution < -0.4 is 16.7 Å². The fraction of sp³-hybridized carbons (Fsp3) is 0.125. The molecule has 4 nitrogen and oxygen atoms in total. The molecule has 0 saturated carbocycles. The van der Waals surface area contributed by atoms with Crippen molar-refractivity contribution in [1.82, 2.24) is 0 Å². The maximum absolute atomic E-state index is 12.7. The minimum atomic E-state index is -0.296. The smallest absolute Gasteiger partial charge is 0.340 e. The van der Waals surface area contributed by atoms with E-state index >= 15 is 0 Å². The quantitative estimate of drug-likeness (QED) is 0.392. The summed E-state index contributed by atoms with van der Waals surface area (Å²) in [5, 5.41) is 4.06. The van der Waals surface area contributed by atoms with Gasteiger partial charge in [0.2, 0.25) is 0 Å². The molecule has 1 aromatic heterocycles. The number of aryl methyl sites for hydroxylation is 1. The van der Waals surface area contributed by atoms with E-state index in [-0.39, 0.29) is 5.63 Å². The van der Waals surface area contributed by atoms with Crippen LogP contribution in [-0.4, -0.2) is 7.05 Å². The summed E-state index contributed by atoms with van der Waals surface area (Å²) >= 11 is 0. The van der Waals surface area contributed by atoms with Crippen molar-refractivity contribution in [3.8, 4) is 11.1 Å². The number of fused-ring (bicyclic) bond motifs is 1. The number of rotatable bonds is 4. The minimum absolute atomic E-state index is 0.296. The summed E-state index contributed by atoms with van der Waals surface area (Å²) in [6.07, 6.45) is 0.502. The van der Waals surface area contributed by atoms with Gasteiger partial charge in [-0.2, -0.15) is 0 Å². The van der Waals surface area contributed by atoms with Crippen LogP contribution in [-0.2, 0) is 6.42 Å². The highest BCUT2D eigenvalue weighted by Gasteiger charge is 2.13. The molecule has 1 heterocycles. The Morgan fingerprint density at radius 3 is 2.43 bits per heavy atom. The monoisotopic (exact) mass is 370 g/mol. The van der Waals surface area contributed by atoms with Crippen molar-refractivity contribution in [3.05, 3.63) is 93.8 Å². The highest BCUT2D eigenvalue weighted by Crippen LogP contribution is 2.28. The highest BCUT2D eigenvalue weighted by molar-refractivity contribution is 5.86. The lowest BCUT2D eigenvalue weighted by Crippen LogP contribution is -2.11. The largest absolute Gasteiger partial charge is 0.422 e. The summed E-state index contributed by atoms with van der Waals surface area (Å²) < 4.78 is 5.68. The molecule has 0 saturated heterocycles. The topological polar surface area (TPSA) is 68.3 Å². The van der Waals surface area contributed by atoms with Crippen molar-refractivity contribution in [2.75, 3.05) is 18.1 Å². The van der Waals surface area contributed by atoms with Crippen LogP contribution in [0.5, 0.6) is 0 Å². The van der Waals surface area contributed by atoms with Crippen LogP contribution in [0.3, 0.4) is 0 Å². The molecule has 0 fully saturated rings. The first-order chi connectivity index (χ1) is 13.5. The molecule has 0 bridgehead atoms. The SMILES string of the molecule is CNc1ccc(-c2ccc3c(C)c(Cc4cccc(N)c4)c(=O)oc3c2)cc1. The molecule has 3 aromatic carbocycles. The number of nitrogen functional groups attached to an aromatic ring is 1. The number of anilines is 2. The molecule has 0 radical (unpaired) electrons. The van der Waals surface area contributed by atoms with Gasteiger partial charge >= 0.3 is 5.63 Å². The Balaban J connectivity index is 1.76. The van der Waals surface area contributed by atoms with Gasteiger partial charge in [0.1, 0.15) is 5.58 Å². The van der Waals surface area contributed by atoms with Gasteiger partial charge in [0, 0.05) is 35.8 Å². The van der Waals surface area contributed by atoms with E-state index in [9.17, 15) is 4.79 Å². The lowest BCUT2D eigenvalue weighted by atomic mass is 9.97. The van der Waals surface area contributed by atoms with Gasteiger partial charge < -0.3 is 15.5 Å². The average Bonchev–Trinajstić information content (AvgIpc) is 2.71. The molecule has 28 heavy (non-hydrogen) atoms.